The normalized spacial score (nSPS) is 19.8. The fraction of sp³-hybridized carbons (Fsp3) is 1.00. The van der Waals surface area contributed by atoms with Crippen molar-refractivity contribution in [2.24, 2.45) is 0 Å². The fourth-order valence-corrected chi connectivity index (χ4v) is 0.835. The van der Waals surface area contributed by atoms with Gasteiger partial charge < -0.3 is 10.1 Å². The van der Waals surface area contributed by atoms with Gasteiger partial charge in [0.2, 0.25) is 0 Å². The Labute approximate surface area is 76.5 Å². The molecule has 0 amide bonds. The van der Waals surface area contributed by atoms with E-state index in [-0.39, 0.29) is 0 Å². The number of halogens is 3. The van der Waals surface area contributed by atoms with Gasteiger partial charge in [0.05, 0.1) is 5.60 Å². The molecular weight excluding hydrogens is 183 g/mol. The van der Waals surface area contributed by atoms with Gasteiger partial charge in [0.15, 0.2) is 0 Å². The lowest BCUT2D eigenvalue weighted by Crippen LogP contribution is -2.59. The first-order valence-corrected chi connectivity index (χ1v) is 4.33. The maximum Gasteiger partial charge on any atom is 0.411 e. The summed E-state index contributed by atoms with van der Waals surface area (Å²) in [6, 6.07) is 0. The smallest absolute Gasteiger partial charge is 0.363 e. The van der Waals surface area contributed by atoms with E-state index in [0.29, 0.717) is 13.1 Å². The second-order valence-electron chi connectivity index (χ2n) is 2.96. The van der Waals surface area contributed by atoms with E-state index in [0.717, 1.165) is 0 Å². The predicted octanol–water partition coefficient (Wildman–Crippen LogP) is 1.95. The second kappa shape index (κ2) is 4.81. The largest absolute Gasteiger partial charge is 0.411 e. The zero-order chi connectivity index (χ0) is 10.5. The average Bonchev–Trinajstić information content (AvgIpc) is 2.00. The zero-order valence-electron chi connectivity index (χ0n) is 8.16. The first-order valence-electron chi connectivity index (χ1n) is 4.33. The van der Waals surface area contributed by atoms with Crippen LogP contribution in [0.4, 0.5) is 13.2 Å². The van der Waals surface area contributed by atoms with E-state index in [4.69, 9.17) is 0 Å². The molecule has 1 fully saturated rings. The molecule has 0 aromatic rings. The Bertz CT molecular complexity index is 143. The summed E-state index contributed by atoms with van der Waals surface area (Å²) in [4.78, 5) is 0. The maximum atomic E-state index is 11.6. The Morgan fingerprint density at radius 1 is 1.31 bits per heavy atom. The summed E-state index contributed by atoms with van der Waals surface area (Å²) in [6.45, 7) is 5.52. The number of rotatable bonds is 2. The molecule has 0 aliphatic carbocycles. The molecule has 1 rings (SSSR count). The molecule has 1 N–H and O–H groups in total. The quantitative estimate of drug-likeness (QED) is 0.734. The first kappa shape index (κ1) is 12.7. The summed E-state index contributed by atoms with van der Waals surface area (Å²) in [7, 11) is 0. The summed E-state index contributed by atoms with van der Waals surface area (Å²) in [5.74, 6) is 0. The van der Waals surface area contributed by atoms with Crippen molar-refractivity contribution in [3.8, 4) is 0 Å². The minimum Gasteiger partial charge on any atom is -0.363 e. The molecule has 0 bridgehead atoms. The topological polar surface area (TPSA) is 21.3 Å². The molecule has 0 saturated carbocycles. The molecule has 0 radical (unpaired) electrons. The number of hydrogen-bond acceptors (Lipinski definition) is 2. The van der Waals surface area contributed by atoms with Crippen LogP contribution in [0.1, 0.15) is 20.8 Å². The number of nitrogens with one attached hydrogen (secondary N) is 1. The van der Waals surface area contributed by atoms with Crippen LogP contribution < -0.4 is 5.32 Å². The van der Waals surface area contributed by atoms with Crippen LogP contribution >= 0.6 is 0 Å². The Hall–Kier alpha value is -0.290. The Balaban J connectivity index is 0.000000671. The maximum absolute atomic E-state index is 11.6. The lowest BCUT2D eigenvalue weighted by Gasteiger charge is -2.39. The second-order valence-corrected chi connectivity index (χ2v) is 2.96. The van der Waals surface area contributed by atoms with Crippen LogP contribution in [-0.2, 0) is 4.74 Å². The average molecular weight is 199 g/mol. The molecule has 80 valence electrons. The molecule has 1 saturated heterocycles. The SMILES string of the molecule is CC.CC1(OCC(F)(F)F)CNC1. The third kappa shape index (κ3) is 5.10. The van der Waals surface area contributed by atoms with Gasteiger partial charge in [-0.25, -0.2) is 0 Å². The van der Waals surface area contributed by atoms with Crippen LogP contribution in [0.25, 0.3) is 0 Å². The number of hydrogen-bond donors (Lipinski definition) is 1. The standard InChI is InChI=1S/C6H10F3NO.C2H6/c1-5(2-10-3-5)11-4-6(7,8)9;1-2/h10H,2-4H2,1H3;1-2H3. The fourth-order valence-electron chi connectivity index (χ4n) is 0.835. The highest BCUT2D eigenvalue weighted by atomic mass is 19.4. The van der Waals surface area contributed by atoms with Crippen LogP contribution in [0, 0.1) is 0 Å². The van der Waals surface area contributed by atoms with Crippen LogP contribution in [0.2, 0.25) is 0 Å². The summed E-state index contributed by atoms with van der Waals surface area (Å²) in [5, 5.41) is 2.85. The highest BCUT2D eigenvalue weighted by molar-refractivity contribution is 4.90. The monoisotopic (exact) mass is 199 g/mol. The van der Waals surface area contributed by atoms with Crippen molar-refractivity contribution >= 4 is 0 Å². The predicted molar refractivity (Wildman–Crippen MR) is 44.6 cm³/mol. The van der Waals surface area contributed by atoms with Crippen LogP contribution in [0.15, 0.2) is 0 Å². The van der Waals surface area contributed by atoms with Crippen molar-refractivity contribution in [3.63, 3.8) is 0 Å². The Morgan fingerprint density at radius 2 is 1.77 bits per heavy atom. The van der Waals surface area contributed by atoms with Crippen LogP contribution in [0.3, 0.4) is 0 Å². The van der Waals surface area contributed by atoms with Crippen molar-refractivity contribution in [2.45, 2.75) is 32.5 Å². The summed E-state index contributed by atoms with van der Waals surface area (Å²) in [6.07, 6.45) is -4.21. The zero-order valence-corrected chi connectivity index (χ0v) is 8.16. The minimum absolute atomic E-state index is 0.503. The molecule has 13 heavy (non-hydrogen) atoms. The van der Waals surface area contributed by atoms with Gasteiger partial charge in [-0.05, 0) is 6.92 Å². The number of alkyl halides is 3. The van der Waals surface area contributed by atoms with Crippen molar-refractivity contribution in [1.29, 1.82) is 0 Å². The molecule has 0 aromatic heterocycles. The van der Waals surface area contributed by atoms with Gasteiger partial charge in [-0.15, -0.1) is 0 Å². The van der Waals surface area contributed by atoms with Crippen molar-refractivity contribution in [1.82, 2.24) is 5.32 Å². The molecule has 0 spiro atoms. The van der Waals surface area contributed by atoms with E-state index in [9.17, 15) is 13.2 Å². The summed E-state index contributed by atoms with van der Waals surface area (Å²) < 4.78 is 39.4. The first-order chi connectivity index (χ1) is 5.91. The van der Waals surface area contributed by atoms with Gasteiger partial charge in [0, 0.05) is 13.1 Å². The van der Waals surface area contributed by atoms with Gasteiger partial charge >= 0.3 is 6.18 Å². The van der Waals surface area contributed by atoms with Crippen LogP contribution in [0.5, 0.6) is 0 Å². The third-order valence-corrected chi connectivity index (χ3v) is 1.58. The summed E-state index contributed by atoms with van der Waals surface area (Å²) >= 11 is 0. The lowest BCUT2D eigenvalue weighted by molar-refractivity contribution is -0.210. The molecule has 5 heteroatoms. The summed E-state index contributed by atoms with van der Waals surface area (Å²) in [5.41, 5.74) is -0.602. The molecule has 1 aliphatic rings. The third-order valence-electron chi connectivity index (χ3n) is 1.58. The van der Waals surface area contributed by atoms with Crippen LogP contribution in [-0.4, -0.2) is 31.5 Å². The molecule has 2 nitrogen and oxygen atoms in total. The Kier molecular flexibility index (Phi) is 4.70. The van der Waals surface area contributed by atoms with E-state index in [1.54, 1.807) is 6.92 Å². The van der Waals surface area contributed by atoms with Gasteiger partial charge in [0.1, 0.15) is 6.61 Å². The molecule has 0 aromatic carbocycles. The molecule has 1 aliphatic heterocycles. The van der Waals surface area contributed by atoms with E-state index >= 15 is 0 Å². The molecular formula is C8H16F3NO. The van der Waals surface area contributed by atoms with Crippen molar-refractivity contribution < 1.29 is 17.9 Å². The van der Waals surface area contributed by atoms with Gasteiger partial charge in [0.25, 0.3) is 0 Å². The highest BCUT2D eigenvalue weighted by Gasteiger charge is 2.37. The van der Waals surface area contributed by atoms with E-state index < -0.39 is 18.4 Å². The van der Waals surface area contributed by atoms with Gasteiger partial charge in [-0.2, -0.15) is 13.2 Å². The molecule has 0 atom stereocenters. The molecule has 1 heterocycles. The number of ether oxygens (including phenoxy) is 1. The van der Waals surface area contributed by atoms with Gasteiger partial charge in [-0.3, -0.25) is 0 Å². The van der Waals surface area contributed by atoms with Crippen molar-refractivity contribution in [3.05, 3.63) is 0 Å². The van der Waals surface area contributed by atoms with Crippen molar-refractivity contribution in [2.75, 3.05) is 19.7 Å². The Morgan fingerprint density at radius 3 is 2.00 bits per heavy atom. The molecule has 0 unspecified atom stereocenters. The highest BCUT2D eigenvalue weighted by Crippen LogP contribution is 2.21. The van der Waals surface area contributed by atoms with E-state index in [1.807, 2.05) is 13.8 Å². The van der Waals surface area contributed by atoms with E-state index in [1.165, 1.54) is 0 Å². The minimum atomic E-state index is -4.21. The van der Waals surface area contributed by atoms with E-state index in [2.05, 4.69) is 10.1 Å². The van der Waals surface area contributed by atoms with Gasteiger partial charge in [-0.1, -0.05) is 13.8 Å². The lowest BCUT2D eigenvalue weighted by atomic mass is 10.0.